The number of allylic oxidation sites excluding steroid dienone is 1. The van der Waals surface area contributed by atoms with Crippen LogP contribution in [-0.4, -0.2) is 0 Å². The molecule has 1 heterocycles. The molecule has 0 nitrogen and oxygen atoms in total. The molecule has 0 atom stereocenters. The quantitative estimate of drug-likeness (QED) is 0.655. The minimum absolute atomic E-state index is 1.09. The van der Waals surface area contributed by atoms with E-state index < -0.39 is 0 Å². The summed E-state index contributed by atoms with van der Waals surface area (Å²) in [5.41, 5.74) is 2.71. The van der Waals surface area contributed by atoms with Gasteiger partial charge in [-0.05, 0) is 35.9 Å². The third kappa shape index (κ3) is 3.15. The van der Waals surface area contributed by atoms with Crippen LogP contribution in [0.3, 0.4) is 0 Å². The molecule has 0 radical (unpaired) electrons. The first-order valence-electron chi connectivity index (χ1n) is 5.19. The highest BCUT2D eigenvalue weighted by Gasteiger charge is 2.03. The highest BCUT2D eigenvalue weighted by molar-refractivity contribution is 7.11. The minimum Gasteiger partial charge on any atom is -0.144 e. The average molecular weight is 208 g/mol. The molecule has 1 rings (SSSR count). The monoisotopic (exact) mass is 208 g/mol. The summed E-state index contributed by atoms with van der Waals surface area (Å²) >= 11 is 1.79. The van der Waals surface area contributed by atoms with Gasteiger partial charge in [0.25, 0.3) is 0 Å². The summed E-state index contributed by atoms with van der Waals surface area (Å²) in [7, 11) is 0. The number of hydrogen-bond acceptors (Lipinski definition) is 1. The molecular weight excluding hydrogens is 188 g/mol. The van der Waals surface area contributed by atoms with Crippen LogP contribution in [0.1, 0.15) is 43.7 Å². The second-order valence-corrected chi connectivity index (χ2v) is 3.51. The zero-order chi connectivity index (χ0) is 11.0. The van der Waals surface area contributed by atoms with Crippen LogP contribution in [0.25, 0.3) is 12.2 Å². The third-order valence-electron chi connectivity index (χ3n) is 1.84. The van der Waals surface area contributed by atoms with Gasteiger partial charge in [0, 0.05) is 4.88 Å². The third-order valence-corrected chi connectivity index (χ3v) is 2.85. The van der Waals surface area contributed by atoms with Gasteiger partial charge in [-0.3, -0.25) is 0 Å². The maximum Gasteiger partial charge on any atom is 0.0342 e. The lowest BCUT2D eigenvalue weighted by Crippen LogP contribution is -1.79. The van der Waals surface area contributed by atoms with E-state index in [0.717, 1.165) is 6.42 Å². The highest BCUT2D eigenvalue weighted by Crippen LogP contribution is 2.25. The SMILES string of the molecule is C=Cc1c(CC)csc1/C=C\C.CC. The molecule has 0 aliphatic rings. The fourth-order valence-corrected chi connectivity index (χ4v) is 2.32. The van der Waals surface area contributed by atoms with Gasteiger partial charge in [0.2, 0.25) is 0 Å². The van der Waals surface area contributed by atoms with Crippen molar-refractivity contribution >= 4 is 23.5 Å². The Labute approximate surface area is 92.0 Å². The maximum atomic E-state index is 3.83. The Bertz CT molecular complexity index is 292. The van der Waals surface area contributed by atoms with Crippen molar-refractivity contribution in [3.8, 4) is 0 Å². The molecule has 0 amide bonds. The van der Waals surface area contributed by atoms with E-state index in [0.29, 0.717) is 0 Å². The van der Waals surface area contributed by atoms with Crippen LogP contribution in [0.15, 0.2) is 18.0 Å². The first-order chi connectivity index (χ1) is 6.83. The van der Waals surface area contributed by atoms with E-state index in [1.54, 1.807) is 11.3 Å². The second-order valence-electron chi connectivity index (χ2n) is 2.60. The lowest BCUT2D eigenvalue weighted by molar-refractivity contribution is 1.15. The molecule has 1 heteroatoms. The van der Waals surface area contributed by atoms with E-state index in [9.17, 15) is 0 Å². The fraction of sp³-hybridized carbons (Fsp3) is 0.385. The van der Waals surface area contributed by atoms with Gasteiger partial charge < -0.3 is 0 Å². The molecule has 0 aliphatic heterocycles. The Morgan fingerprint density at radius 2 is 2.07 bits per heavy atom. The van der Waals surface area contributed by atoms with Gasteiger partial charge >= 0.3 is 0 Å². The van der Waals surface area contributed by atoms with Gasteiger partial charge in [-0.1, -0.05) is 39.5 Å². The predicted molar refractivity (Wildman–Crippen MR) is 69.8 cm³/mol. The van der Waals surface area contributed by atoms with Crippen LogP contribution in [0, 0.1) is 0 Å². The molecule has 0 bridgehead atoms. The van der Waals surface area contributed by atoms with Crippen LogP contribution >= 0.6 is 11.3 Å². The lowest BCUT2D eigenvalue weighted by atomic mass is 10.1. The number of aryl methyl sites for hydroxylation is 1. The summed E-state index contributed by atoms with van der Waals surface area (Å²) in [4.78, 5) is 1.32. The summed E-state index contributed by atoms with van der Waals surface area (Å²) in [5.74, 6) is 0. The Hall–Kier alpha value is -0.820. The van der Waals surface area contributed by atoms with Gasteiger partial charge in [0.15, 0.2) is 0 Å². The van der Waals surface area contributed by atoms with Crippen molar-refractivity contribution in [3.63, 3.8) is 0 Å². The van der Waals surface area contributed by atoms with Crippen LogP contribution in [-0.2, 0) is 6.42 Å². The normalized spacial score (nSPS) is 9.71. The van der Waals surface area contributed by atoms with Crippen molar-refractivity contribution < 1.29 is 0 Å². The summed E-state index contributed by atoms with van der Waals surface area (Å²) in [6.07, 6.45) is 7.25. The maximum absolute atomic E-state index is 3.83. The highest BCUT2D eigenvalue weighted by atomic mass is 32.1. The molecule has 0 N–H and O–H groups in total. The molecule has 14 heavy (non-hydrogen) atoms. The van der Waals surface area contributed by atoms with Crippen LogP contribution in [0.5, 0.6) is 0 Å². The Kier molecular flexibility index (Phi) is 7.13. The smallest absolute Gasteiger partial charge is 0.0342 e. The van der Waals surface area contributed by atoms with Crippen molar-refractivity contribution in [2.75, 3.05) is 0 Å². The van der Waals surface area contributed by atoms with E-state index in [2.05, 4.69) is 31.0 Å². The molecule has 0 unspecified atom stereocenters. The molecule has 0 aromatic carbocycles. The van der Waals surface area contributed by atoms with Crippen LogP contribution < -0.4 is 0 Å². The topological polar surface area (TPSA) is 0 Å². The molecule has 0 aliphatic carbocycles. The van der Waals surface area contributed by atoms with Crippen molar-refractivity contribution in [3.05, 3.63) is 34.0 Å². The Morgan fingerprint density at radius 1 is 1.43 bits per heavy atom. The van der Waals surface area contributed by atoms with Crippen molar-refractivity contribution in [2.24, 2.45) is 0 Å². The van der Waals surface area contributed by atoms with E-state index >= 15 is 0 Å². The molecular formula is C13H20S. The second kappa shape index (κ2) is 7.57. The Morgan fingerprint density at radius 3 is 2.50 bits per heavy atom. The summed E-state index contributed by atoms with van der Waals surface area (Å²) in [5, 5.41) is 2.21. The summed E-state index contributed by atoms with van der Waals surface area (Å²) in [6.45, 7) is 12.0. The molecule has 78 valence electrons. The van der Waals surface area contributed by atoms with Crippen molar-refractivity contribution in [1.29, 1.82) is 0 Å². The minimum atomic E-state index is 1.09. The zero-order valence-corrected chi connectivity index (χ0v) is 10.4. The zero-order valence-electron chi connectivity index (χ0n) is 9.63. The molecule has 0 saturated carbocycles. The fourth-order valence-electron chi connectivity index (χ4n) is 1.21. The first kappa shape index (κ1) is 13.2. The average Bonchev–Trinajstić information content (AvgIpc) is 2.63. The number of thiophene rings is 1. The van der Waals surface area contributed by atoms with Gasteiger partial charge in [0.1, 0.15) is 0 Å². The molecule has 1 aromatic rings. The molecule has 0 spiro atoms. The van der Waals surface area contributed by atoms with E-state index in [4.69, 9.17) is 0 Å². The van der Waals surface area contributed by atoms with Gasteiger partial charge in [-0.2, -0.15) is 0 Å². The first-order valence-corrected chi connectivity index (χ1v) is 6.07. The molecule has 0 fully saturated rings. The molecule has 1 aromatic heterocycles. The molecule has 0 saturated heterocycles. The van der Waals surface area contributed by atoms with Crippen LogP contribution in [0.4, 0.5) is 0 Å². The standard InChI is InChI=1S/C11H14S.C2H6/c1-4-7-11-10(6-3)9(5-2)8-12-11;1-2/h4,6-8H,3,5H2,1-2H3;1-2H3/b7-4-;. The number of hydrogen-bond donors (Lipinski definition) is 0. The van der Waals surface area contributed by atoms with Gasteiger partial charge in [-0.15, -0.1) is 11.3 Å². The van der Waals surface area contributed by atoms with Crippen molar-refractivity contribution in [2.45, 2.75) is 34.1 Å². The van der Waals surface area contributed by atoms with Crippen molar-refractivity contribution in [1.82, 2.24) is 0 Å². The Balaban J connectivity index is 0.000000791. The van der Waals surface area contributed by atoms with E-state index in [1.165, 1.54) is 16.0 Å². The van der Waals surface area contributed by atoms with E-state index in [1.807, 2.05) is 26.8 Å². The predicted octanol–water partition coefficient (Wildman–Crippen LogP) is 5.01. The number of rotatable bonds is 3. The van der Waals surface area contributed by atoms with E-state index in [-0.39, 0.29) is 0 Å². The summed E-state index contributed by atoms with van der Waals surface area (Å²) < 4.78 is 0. The van der Waals surface area contributed by atoms with Crippen LogP contribution in [0.2, 0.25) is 0 Å². The lowest BCUT2D eigenvalue weighted by Gasteiger charge is -1.95. The van der Waals surface area contributed by atoms with Gasteiger partial charge in [-0.25, -0.2) is 0 Å². The summed E-state index contributed by atoms with van der Waals surface area (Å²) in [6, 6.07) is 0. The van der Waals surface area contributed by atoms with Gasteiger partial charge in [0.05, 0.1) is 0 Å². The largest absolute Gasteiger partial charge is 0.144 e.